The molecule has 0 aliphatic carbocycles. The Balaban J connectivity index is 1.78. The average Bonchev–Trinajstić information content (AvgIpc) is 3.15. The molecule has 2 aromatic rings. The molecule has 1 aromatic heterocycles. The average molecular weight is 334 g/mol. The molecule has 0 bridgehead atoms. The van der Waals surface area contributed by atoms with Crippen molar-refractivity contribution in [2.45, 2.75) is 19.0 Å². The van der Waals surface area contributed by atoms with Gasteiger partial charge in [-0.05, 0) is 30.7 Å². The first-order valence-corrected chi connectivity index (χ1v) is 9.21. The molecular formula is C16H18N2O4S. The van der Waals surface area contributed by atoms with Gasteiger partial charge in [-0.2, -0.15) is 0 Å². The second-order valence-electron chi connectivity index (χ2n) is 5.56. The van der Waals surface area contributed by atoms with Crippen LogP contribution in [0.5, 0.6) is 0 Å². The van der Waals surface area contributed by atoms with E-state index in [-0.39, 0.29) is 30.1 Å². The highest BCUT2D eigenvalue weighted by molar-refractivity contribution is 7.91. The quantitative estimate of drug-likeness (QED) is 0.931. The number of carbonyl (C=O) groups is 1. The lowest BCUT2D eigenvalue weighted by molar-refractivity contribution is 0.184. The summed E-state index contributed by atoms with van der Waals surface area (Å²) in [6.07, 6.45) is 1.99. The van der Waals surface area contributed by atoms with Gasteiger partial charge in [0.25, 0.3) is 0 Å². The number of nitrogens with one attached hydrogen (secondary N) is 1. The lowest BCUT2D eigenvalue weighted by Crippen LogP contribution is -2.43. The Kier molecular flexibility index (Phi) is 4.38. The molecule has 2 heterocycles. The Hall–Kier alpha value is -2.28. The van der Waals surface area contributed by atoms with Gasteiger partial charge in [0.05, 0.1) is 24.3 Å². The summed E-state index contributed by atoms with van der Waals surface area (Å²) < 4.78 is 28.8. The minimum Gasteiger partial charge on any atom is -0.467 e. The minimum atomic E-state index is -3.08. The number of sulfone groups is 1. The Morgan fingerprint density at radius 1 is 1.22 bits per heavy atom. The van der Waals surface area contributed by atoms with Crippen LogP contribution in [0.2, 0.25) is 0 Å². The summed E-state index contributed by atoms with van der Waals surface area (Å²) in [5.74, 6) is 0.735. The number of anilines is 1. The summed E-state index contributed by atoms with van der Waals surface area (Å²) in [6.45, 7) is 0.242. The van der Waals surface area contributed by atoms with Crippen molar-refractivity contribution >= 4 is 21.6 Å². The van der Waals surface area contributed by atoms with E-state index in [4.69, 9.17) is 4.42 Å². The number of rotatable bonds is 4. The first-order valence-electron chi connectivity index (χ1n) is 7.39. The van der Waals surface area contributed by atoms with Crippen LogP contribution < -0.4 is 5.32 Å². The first-order chi connectivity index (χ1) is 11.0. The maximum absolute atomic E-state index is 12.6. The molecule has 1 atom stereocenters. The zero-order chi connectivity index (χ0) is 16.3. The van der Waals surface area contributed by atoms with Crippen molar-refractivity contribution in [3.63, 3.8) is 0 Å². The van der Waals surface area contributed by atoms with Crippen LogP contribution in [0.15, 0.2) is 53.1 Å². The van der Waals surface area contributed by atoms with E-state index in [0.29, 0.717) is 17.9 Å². The normalized spacial score (nSPS) is 19.4. The highest BCUT2D eigenvalue weighted by atomic mass is 32.2. The molecule has 0 unspecified atom stereocenters. The Morgan fingerprint density at radius 2 is 2.00 bits per heavy atom. The Morgan fingerprint density at radius 3 is 2.61 bits per heavy atom. The smallest absolute Gasteiger partial charge is 0.322 e. The third-order valence-corrected chi connectivity index (χ3v) is 5.59. The third-order valence-electron chi connectivity index (χ3n) is 3.84. The SMILES string of the molecule is O=C(Nc1ccccc1)N(Cc1ccco1)[C@H]1CCS(=O)(=O)C1. The molecule has 0 spiro atoms. The van der Waals surface area contributed by atoms with E-state index >= 15 is 0 Å². The van der Waals surface area contributed by atoms with Crippen molar-refractivity contribution < 1.29 is 17.6 Å². The lowest BCUT2D eigenvalue weighted by atomic mass is 10.2. The minimum absolute atomic E-state index is 0.00405. The molecule has 2 amide bonds. The maximum atomic E-state index is 12.6. The van der Waals surface area contributed by atoms with Crippen molar-refractivity contribution in [2.24, 2.45) is 0 Å². The number of urea groups is 1. The molecule has 1 aliphatic rings. The molecule has 1 aliphatic heterocycles. The van der Waals surface area contributed by atoms with Crippen LogP contribution in [-0.2, 0) is 16.4 Å². The highest BCUT2D eigenvalue weighted by Gasteiger charge is 2.35. The second-order valence-corrected chi connectivity index (χ2v) is 7.79. The molecule has 122 valence electrons. The number of para-hydroxylation sites is 1. The van der Waals surface area contributed by atoms with Gasteiger partial charge in [-0.1, -0.05) is 18.2 Å². The van der Waals surface area contributed by atoms with Gasteiger partial charge in [-0.15, -0.1) is 0 Å². The molecule has 1 saturated heterocycles. The predicted octanol–water partition coefficient (Wildman–Crippen LogP) is 2.50. The number of benzene rings is 1. The third kappa shape index (κ3) is 3.92. The van der Waals surface area contributed by atoms with Gasteiger partial charge in [-0.3, -0.25) is 0 Å². The number of furan rings is 1. The molecular weight excluding hydrogens is 316 g/mol. The van der Waals surface area contributed by atoms with Crippen molar-refractivity contribution in [3.05, 3.63) is 54.5 Å². The van der Waals surface area contributed by atoms with Crippen LogP contribution in [0.1, 0.15) is 12.2 Å². The summed E-state index contributed by atoms with van der Waals surface area (Å²) in [6, 6.07) is 11.9. The van der Waals surface area contributed by atoms with E-state index in [9.17, 15) is 13.2 Å². The molecule has 1 fully saturated rings. The van der Waals surface area contributed by atoms with Crippen molar-refractivity contribution in [1.82, 2.24) is 4.90 Å². The van der Waals surface area contributed by atoms with Gasteiger partial charge in [0, 0.05) is 11.7 Å². The monoisotopic (exact) mass is 334 g/mol. The van der Waals surface area contributed by atoms with Crippen LogP contribution in [0, 0.1) is 0 Å². The van der Waals surface area contributed by atoms with Gasteiger partial charge in [0.15, 0.2) is 9.84 Å². The molecule has 0 saturated carbocycles. The number of amides is 2. The fourth-order valence-corrected chi connectivity index (χ4v) is 4.41. The summed E-state index contributed by atoms with van der Waals surface area (Å²) >= 11 is 0. The summed E-state index contributed by atoms with van der Waals surface area (Å²) in [7, 11) is -3.08. The van der Waals surface area contributed by atoms with Gasteiger partial charge < -0.3 is 14.6 Å². The van der Waals surface area contributed by atoms with E-state index in [1.807, 2.05) is 18.2 Å². The van der Waals surface area contributed by atoms with E-state index in [2.05, 4.69) is 5.32 Å². The lowest BCUT2D eigenvalue weighted by Gasteiger charge is -2.27. The van der Waals surface area contributed by atoms with Crippen molar-refractivity contribution in [2.75, 3.05) is 16.8 Å². The molecule has 23 heavy (non-hydrogen) atoms. The van der Waals surface area contributed by atoms with Gasteiger partial charge in [0.1, 0.15) is 5.76 Å². The van der Waals surface area contributed by atoms with Crippen molar-refractivity contribution in [1.29, 1.82) is 0 Å². The topological polar surface area (TPSA) is 79.6 Å². The zero-order valence-corrected chi connectivity index (χ0v) is 13.3. The van der Waals surface area contributed by atoms with Crippen LogP contribution in [-0.4, -0.2) is 36.9 Å². The summed E-state index contributed by atoms with van der Waals surface area (Å²) in [5.41, 5.74) is 0.669. The molecule has 7 heteroatoms. The molecule has 1 N–H and O–H groups in total. The van der Waals surface area contributed by atoms with Crippen LogP contribution in [0.3, 0.4) is 0 Å². The van der Waals surface area contributed by atoms with E-state index in [1.165, 1.54) is 11.2 Å². The fraction of sp³-hybridized carbons (Fsp3) is 0.312. The molecule has 6 nitrogen and oxygen atoms in total. The zero-order valence-electron chi connectivity index (χ0n) is 12.5. The summed E-state index contributed by atoms with van der Waals surface area (Å²) in [4.78, 5) is 14.2. The summed E-state index contributed by atoms with van der Waals surface area (Å²) in [5, 5.41) is 2.81. The van der Waals surface area contributed by atoms with Gasteiger partial charge >= 0.3 is 6.03 Å². The number of hydrogen-bond donors (Lipinski definition) is 1. The van der Waals surface area contributed by atoms with E-state index in [0.717, 1.165) is 0 Å². The molecule has 0 radical (unpaired) electrons. The second kappa shape index (κ2) is 6.45. The van der Waals surface area contributed by atoms with Gasteiger partial charge in [-0.25, -0.2) is 13.2 Å². The largest absolute Gasteiger partial charge is 0.467 e. The standard InChI is InChI=1S/C16H18N2O4S/c19-16(17-13-5-2-1-3-6-13)18(11-15-7-4-9-22-15)14-8-10-23(20,21)12-14/h1-7,9,14H,8,10-12H2,(H,17,19)/t14-/m0/s1. The first kappa shape index (κ1) is 15.6. The fourth-order valence-electron chi connectivity index (χ4n) is 2.68. The van der Waals surface area contributed by atoms with Gasteiger partial charge in [0.2, 0.25) is 0 Å². The number of nitrogens with zero attached hydrogens (tertiary/aromatic N) is 1. The van der Waals surface area contributed by atoms with Crippen LogP contribution in [0.25, 0.3) is 0 Å². The van der Waals surface area contributed by atoms with E-state index < -0.39 is 9.84 Å². The van der Waals surface area contributed by atoms with Crippen LogP contribution >= 0.6 is 0 Å². The maximum Gasteiger partial charge on any atom is 0.322 e. The highest BCUT2D eigenvalue weighted by Crippen LogP contribution is 2.21. The Labute approximate surface area is 135 Å². The van der Waals surface area contributed by atoms with Crippen LogP contribution in [0.4, 0.5) is 10.5 Å². The Bertz CT molecular complexity index is 757. The number of carbonyl (C=O) groups excluding carboxylic acids is 1. The van der Waals surface area contributed by atoms with Crippen molar-refractivity contribution in [3.8, 4) is 0 Å². The predicted molar refractivity (Wildman–Crippen MR) is 86.8 cm³/mol. The number of hydrogen-bond acceptors (Lipinski definition) is 4. The molecule has 1 aromatic carbocycles. The van der Waals surface area contributed by atoms with E-state index in [1.54, 1.807) is 24.3 Å². The molecule has 3 rings (SSSR count).